The van der Waals surface area contributed by atoms with Crippen LogP contribution in [0.5, 0.6) is 0 Å². The number of sulfonamides is 1. The monoisotopic (exact) mass is 344 g/mol. The van der Waals surface area contributed by atoms with Gasteiger partial charge in [0.2, 0.25) is 0 Å². The van der Waals surface area contributed by atoms with Crippen molar-refractivity contribution in [2.75, 3.05) is 11.5 Å². The van der Waals surface area contributed by atoms with Crippen molar-refractivity contribution in [3.63, 3.8) is 0 Å². The van der Waals surface area contributed by atoms with E-state index >= 15 is 0 Å². The molecule has 10 heteroatoms. The summed E-state index contributed by atoms with van der Waals surface area (Å²) in [5.41, 5.74) is -0.386. The van der Waals surface area contributed by atoms with Gasteiger partial charge in [0.15, 0.2) is 4.34 Å². The molecule has 1 atom stereocenters. The third kappa shape index (κ3) is 4.60. The molecule has 0 saturated heterocycles. The summed E-state index contributed by atoms with van der Waals surface area (Å²) in [7, 11) is -3.76. The Morgan fingerprint density at radius 1 is 1.63 bits per heavy atom. The molecule has 1 N–H and O–H groups in total. The Kier molecular flexibility index (Phi) is 6.06. The number of hydrogen-bond donors (Lipinski definition) is 1. The maximum atomic E-state index is 12.0. The zero-order valence-corrected chi connectivity index (χ0v) is 13.5. The summed E-state index contributed by atoms with van der Waals surface area (Å²) in [4.78, 5) is 9.93. The summed E-state index contributed by atoms with van der Waals surface area (Å²) in [6, 6.07) is 0.726. The van der Waals surface area contributed by atoms with Gasteiger partial charge in [-0.25, -0.2) is 13.1 Å². The molecular formula is C9H13ClN2O4S3. The van der Waals surface area contributed by atoms with E-state index < -0.39 is 14.9 Å². The number of nitrogens with one attached hydrogen (secondary N) is 1. The van der Waals surface area contributed by atoms with Gasteiger partial charge in [-0.2, -0.15) is 11.8 Å². The van der Waals surface area contributed by atoms with Crippen molar-refractivity contribution in [3.05, 3.63) is 20.5 Å². The molecule has 0 amide bonds. The van der Waals surface area contributed by atoms with Crippen LogP contribution in [0.25, 0.3) is 0 Å². The lowest BCUT2D eigenvalue weighted by atomic mass is 10.4. The average molecular weight is 345 g/mol. The first-order valence-corrected chi connectivity index (χ1v) is 9.15. The summed E-state index contributed by atoms with van der Waals surface area (Å²) in [5.74, 6) is 1.53. The molecule has 1 aromatic heterocycles. The Labute approximate surface area is 124 Å². The van der Waals surface area contributed by atoms with Crippen LogP contribution in [0.4, 0.5) is 5.69 Å². The van der Waals surface area contributed by atoms with E-state index in [4.69, 9.17) is 11.6 Å². The first-order chi connectivity index (χ1) is 8.77. The molecule has 0 fully saturated rings. The molecule has 0 aliphatic rings. The van der Waals surface area contributed by atoms with Gasteiger partial charge in [-0.15, -0.1) is 11.3 Å². The number of nitrogens with zero attached hydrogens (tertiary/aromatic N) is 1. The van der Waals surface area contributed by atoms with Gasteiger partial charge in [-0.1, -0.05) is 18.5 Å². The van der Waals surface area contributed by atoms with Gasteiger partial charge < -0.3 is 0 Å². The number of nitro groups is 1. The second-order valence-electron chi connectivity index (χ2n) is 3.66. The highest BCUT2D eigenvalue weighted by molar-refractivity contribution is 7.99. The quantitative estimate of drug-likeness (QED) is 0.606. The van der Waals surface area contributed by atoms with Gasteiger partial charge in [0.25, 0.3) is 15.7 Å². The Morgan fingerprint density at radius 2 is 2.26 bits per heavy atom. The van der Waals surface area contributed by atoms with Crippen LogP contribution in [0.2, 0.25) is 4.34 Å². The highest BCUT2D eigenvalue weighted by Crippen LogP contribution is 2.36. The number of halogens is 1. The van der Waals surface area contributed by atoms with Crippen LogP contribution in [0.1, 0.15) is 13.8 Å². The molecule has 0 bridgehead atoms. The standard InChI is InChI=1S/C9H13ClN2O4S3/c1-3-17-5-6(2)11-19(15,16)8-4-7(12(13)14)9(10)18-8/h4,6,11H,3,5H2,1-2H3. The summed E-state index contributed by atoms with van der Waals surface area (Å²) < 4.78 is 26.2. The summed E-state index contributed by atoms with van der Waals surface area (Å²) in [6.07, 6.45) is 0. The van der Waals surface area contributed by atoms with Crippen molar-refractivity contribution in [1.29, 1.82) is 0 Å². The number of thioether (sulfide) groups is 1. The second-order valence-corrected chi connectivity index (χ2v) is 8.58. The zero-order chi connectivity index (χ0) is 14.6. The van der Waals surface area contributed by atoms with Gasteiger partial charge in [0, 0.05) is 17.9 Å². The fourth-order valence-electron chi connectivity index (χ4n) is 1.25. The minimum atomic E-state index is -3.76. The topological polar surface area (TPSA) is 89.3 Å². The predicted octanol–water partition coefficient (Wildman–Crippen LogP) is 2.73. The number of thiophene rings is 1. The van der Waals surface area contributed by atoms with Crippen LogP contribution in [0.15, 0.2) is 10.3 Å². The fraction of sp³-hybridized carbons (Fsp3) is 0.556. The summed E-state index contributed by atoms with van der Waals surface area (Å²) in [6.45, 7) is 3.72. The molecule has 1 aromatic rings. The SMILES string of the molecule is CCSCC(C)NS(=O)(=O)c1cc([N+](=O)[O-])c(Cl)s1. The normalized spacial score (nSPS) is 13.4. The van der Waals surface area contributed by atoms with E-state index in [1.165, 1.54) is 0 Å². The van der Waals surface area contributed by atoms with Crippen molar-refractivity contribution in [2.45, 2.75) is 24.1 Å². The van der Waals surface area contributed by atoms with Crippen LogP contribution in [0, 0.1) is 10.1 Å². The van der Waals surface area contributed by atoms with Crippen molar-refractivity contribution < 1.29 is 13.3 Å². The van der Waals surface area contributed by atoms with E-state index in [0.29, 0.717) is 17.1 Å². The molecule has 0 aliphatic carbocycles. The Balaban J connectivity index is 2.89. The minimum Gasteiger partial charge on any atom is -0.258 e. The van der Waals surface area contributed by atoms with E-state index in [-0.39, 0.29) is 20.3 Å². The van der Waals surface area contributed by atoms with Crippen LogP contribution in [0.3, 0.4) is 0 Å². The lowest BCUT2D eigenvalue weighted by Crippen LogP contribution is -2.33. The first-order valence-electron chi connectivity index (χ1n) is 5.31. The third-order valence-corrected chi connectivity index (χ3v) is 6.58. The van der Waals surface area contributed by atoms with Crippen molar-refractivity contribution in [1.82, 2.24) is 4.72 Å². The zero-order valence-electron chi connectivity index (χ0n) is 10.3. The minimum absolute atomic E-state index is 0.138. The van der Waals surface area contributed by atoms with Crippen molar-refractivity contribution in [2.24, 2.45) is 0 Å². The van der Waals surface area contributed by atoms with E-state index in [0.717, 1.165) is 11.8 Å². The average Bonchev–Trinajstić information content (AvgIpc) is 2.69. The predicted molar refractivity (Wildman–Crippen MR) is 78.8 cm³/mol. The smallest absolute Gasteiger partial charge is 0.258 e. The van der Waals surface area contributed by atoms with Crippen LogP contribution < -0.4 is 4.72 Å². The Bertz CT molecular complexity index is 558. The van der Waals surface area contributed by atoms with Gasteiger partial charge in [-0.05, 0) is 12.7 Å². The lowest BCUT2D eigenvalue weighted by Gasteiger charge is -2.12. The van der Waals surface area contributed by atoms with Crippen molar-refractivity contribution in [3.8, 4) is 0 Å². The summed E-state index contributed by atoms with van der Waals surface area (Å²) in [5, 5.41) is 10.6. The highest BCUT2D eigenvalue weighted by atomic mass is 35.5. The molecule has 1 heterocycles. The van der Waals surface area contributed by atoms with Crippen LogP contribution >= 0.6 is 34.7 Å². The van der Waals surface area contributed by atoms with Gasteiger partial charge >= 0.3 is 0 Å². The van der Waals surface area contributed by atoms with Crippen molar-refractivity contribution >= 4 is 50.4 Å². The molecule has 0 aliphatic heterocycles. The molecule has 6 nitrogen and oxygen atoms in total. The molecule has 0 aromatic carbocycles. The second kappa shape index (κ2) is 6.89. The highest BCUT2D eigenvalue weighted by Gasteiger charge is 2.26. The van der Waals surface area contributed by atoms with Gasteiger partial charge in [-0.3, -0.25) is 10.1 Å². The molecule has 19 heavy (non-hydrogen) atoms. The molecule has 108 valence electrons. The van der Waals surface area contributed by atoms with Crippen LogP contribution in [-0.4, -0.2) is 30.9 Å². The first kappa shape index (κ1) is 16.7. The Morgan fingerprint density at radius 3 is 2.74 bits per heavy atom. The molecular weight excluding hydrogens is 332 g/mol. The van der Waals surface area contributed by atoms with Gasteiger partial charge in [0.05, 0.1) is 4.92 Å². The Hall–Kier alpha value is -0.350. The molecule has 1 unspecified atom stereocenters. The molecule has 1 rings (SSSR count). The van der Waals surface area contributed by atoms with E-state index in [9.17, 15) is 18.5 Å². The van der Waals surface area contributed by atoms with Gasteiger partial charge in [0.1, 0.15) is 4.21 Å². The number of rotatable bonds is 7. The maximum absolute atomic E-state index is 12.0. The van der Waals surface area contributed by atoms with Crippen LogP contribution in [-0.2, 0) is 10.0 Å². The van der Waals surface area contributed by atoms with E-state index in [1.54, 1.807) is 18.7 Å². The molecule has 0 radical (unpaired) electrons. The largest absolute Gasteiger partial charge is 0.300 e. The molecule has 0 spiro atoms. The number of hydrogen-bond acceptors (Lipinski definition) is 6. The lowest BCUT2D eigenvalue weighted by molar-refractivity contribution is -0.384. The third-order valence-electron chi connectivity index (χ3n) is 2.04. The summed E-state index contributed by atoms with van der Waals surface area (Å²) >= 11 is 7.94. The van der Waals surface area contributed by atoms with E-state index in [1.807, 2.05) is 6.92 Å². The maximum Gasteiger partial charge on any atom is 0.300 e. The van der Waals surface area contributed by atoms with E-state index in [2.05, 4.69) is 4.72 Å². The fourth-order valence-corrected chi connectivity index (χ4v) is 4.95. The molecule has 0 saturated carbocycles.